The molecule has 0 saturated heterocycles. The van der Waals surface area contributed by atoms with Crippen molar-refractivity contribution in [2.75, 3.05) is 19.5 Å². The molecule has 1 amide bonds. The van der Waals surface area contributed by atoms with Gasteiger partial charge in [-0.3, -0.25) is 4.79 Å². The molecule has 0 unspecified atom stereocenters. The highest BCUT2D eigenvalue weighted by Crippen LogP contribution is 2.29. The first-order valence-electron chi connectivity index (χ1n) is 8.77. The zero-order valence-electron chi connectivity index (χ0n) is 15.7. The second kappa shape index (κ2) is 7.97. The van der Waals surface area contributed by atoms with E-state index in [2.05, 4.69) is 26.2 Å². The van der Waals surface area contributed by atoms with E-state index in [0.717, 1.165) is 10.0 Å². The van der Waals surface area contributed by atoms with Crippen molar-refractivity contribution in [3.05, 3.63) is 70.7 Å². The monoisotopic (exact) mass is 452 g/mol. The molecule has 0 aliphatic rings. The normalized spacial score (nSPS) is 10.7. The number of carbonyl (C=O) groups is 1. The predicted octanol–water partition coefficient (Wildman–Crippen LogP) is 5.53. The number of rotatable bonds is 5. The number of methoxy groups -OCH3 is 2. The topological polar surface area (TPSA) is 73.6 Å². The lowest BCUT2D eigenvalue weighted by Gasteiger charge is -2.10. The van der Waals surface area contributed by atoms with Crippen LogP contribution >= 0.6 is 15.9 Å². The fourth-order valence-electron chi connectivity index (χ4n) is 2.94. The van der Waals surface area contributed by atoms with Crippen molar-refractivity contribution in [1.82, 2.24) is 4.98 Å². The number of anilines is 1. The van der Waals surface area contributed by atoms with Crippen molar-refractivity contribution in [2.24, 2.45) is 0 Å². The van der Waals surface area contributed by atoms with E-state index in [1.54, 1.807) is 25.3 Å². The van der Waals surface area contributed by atoms with Crippen molar-refractivity contribution in [2.45, 2.75) is 0 Å². The summed E-state index contributed by atoms with van der Waals surface area (Å²) in [5.74, 6) is 1.39. The van der Waals surface area contributed by atoms with Gasteiger partial charge in [-0.05, 0) is 48.5 Å². The van der Waals surface area contributed by atoms with Crippen molar-refractivity contribution in [3.63, 3.8) is 0 Å². The summed E-state index contributed by atoms with van der Waals surface area (Å²) in [4.78, 5) is 17.3. The second-order valence-corrected chi connectivity index (χ2v) is 7.15. The Morgan fingerprint density at radius 3 is 2.69 bits per heavy atom. The summed E-state index contributed by atoms with van der Waals surface area (Å²) in [5, 5.41) is 2.89. The fraction of sp³-hybridized carbons (Fsp3) is 0.0909. The van der Waals surface area contributed by atoms with E-state index in [9.17, 15) is 4.79 Å². The minimum absolute atomic E-state index is 0.275. The highest BCUT2D eigenvalue weighted by molar-refractivity contribution is 9.10. The fourth-order valence-corrected chi connectivity index (χ4v) is 3.30. The minimum atomic E-state index is -0.275. The van der Waals surface area contributed by atoms with Gasteiger partial charge in [0.25, 0.3) is 5.91 Å². The Labute approximate surface area is 175 Å². The molecule has 1 aromatic heterocycles. The van der Waals surface area contributed by atoms with E-state index in [-0.39, 0.29) is 5.91 Å². The number of nitrogens with zero attached hydrogens (tertiary/aromatic N) is 1. The second-order valence-electron chi connectivity index (χ2n) is 6.23. The molecule has 7 heteroatoms. The Morgan fingerprint density at radius 1 is 1.03 bits per heavy atom. The van der Waals surface area contributed by atoms with Crippen LogP contribution in [0.1, 0.15) is 10.4 Å². The average molecular weight is 453 g/mol. The van der Waals surface area contributed by atoms with Crippen LogP contribution in [0.3, 0.4) is 0 Å². The third-order valence-corrected chi connectivity index (χ3v) is 4.86. The van der Waals surface area contributed by atoms with Crippen LogP contribution in [0.25, 0.3) is 22.6 Å². The first kappa shape index (κ1) is 19.0. The molecule has 4 rings (SSSR count). The predicted molar refractivity (Wildman–Crippen MR) is 115 cm³/mol. The van der Waals surface area contributed by atoms with Crippen molar-refractivity contribution >= 4 is 38.6 Å². The molecular formula is C22H17BrN2O4. The first-order chi connectivity index (χ1) is 14.1. The van der Waals surface area contributed by atoms with Crippen LogP contribution in [0, 0.1) is 0 Å². The molecule has 0 atom stereocenters. The molecule has 0 spiro atoms. The van der Waals surface area contributed by atoms with E-state index in [4.69, 9.17) is 13.9 Å². The Balaban J connectivity index is 1.62. The SMILES string of the molecule is COc1ccc2oc(-c3cccc(NC(=O)c4cc(Br)ccc4OC)c3)nc2c1. The van der Waals surface area contributed by atoms with Gasteiger partial charge in [0.1, 0.15) is 17.0 Å². The van der Waals surface area contributed by atoms with Gasteiger partial charge in [-0.15, -0.1) is 0 Å². The summed E-state index contributed by atoms with van der Waals surface area (Å²) >= 11 is 3.38. The molecule has 0 aliphatic heterocycles. The lowest BCUT2D eigenvalue weighted by molar-refractivity contribution is 0.102. The summed E-state index contributed by atoms with van der Waals surface area (Å²) in [6.07, 6.45) is 0. The van der Waals surface area contributed by atoms with Gasteiger partial charge < -0.3 is 19.2 Å². The molecule has 0 aliphatic carbocycles. The van der Waals surface area contributed by atoms with Crippen molar-refractivity contribution in [1.29, 1.82) is 0 Å². The Morgan fingerprint density at radius 2 is 1.90 bits per heavy atom. The number of benzene rings is 3. The number of aromatic nitrogens is 1. The van der Waals surface area contributed by atoms with E-state index in [0.29, 0.717) is 39.7 Å². The third-order valence-electron chi connectivity index (χ3n) is 4.37. The Kier molecular flexibility index (Phi) is 5.22. The van der Waals surface area contributed by atoms with Gasteiger partial charge >= 0.3 is 0 Å². The number of nitrogens with one attached hydrogen (secondary N) is 1. The molecule has 0 saturated carbocycles. The Hall–Kier alpha value is -3.32. The summed E-state index contributed by atoms with van der Waals surface area (Å²) in [6, 6.07) is 18.0. The van der Waals surface area contributed by atoms with Crippen LogP contribution in [0.5, 0.6) is 11.5 Å². The number of oxazole rings is 1. The molecule has 146 valence electrons. The largest absolute Gasteiger partial charge is 0.497 e. The van der Waals surface area contributed by atoms with E-state index in [1.807, 2.05) is 42.5 Å². The zero-order chi connectivity index (χ0) is 20.4. The molecular weight excluding hydrogens is 436 g/mol. The maximum absolute atomic E-state index is 12.7. The highest BCUT2D eigenvalue weighted by Gasteiger charge is 2.14. The van der Waals surface area contributed by atoms with Crippen molar-refractivity contribution in [3.8, 4) is 23.0 Å². The molecule has 0 fully saturated rings. The average Bonchev–Trinajstić information content (AvgIpc) is 3.17. The maximum atomic E-state index is 12.7. The molecule has 1 heterocycles. The third kappa shape index (κ3) is 3.95. The molecule has 1 N–H and O–H groups in total. The number of hydrogen-bond donors (Lipinski definition) is 1. The van der Waals surface area contributed by atoms with Gasteiger partial charge in [-0.2, -0.15) is 0 Å². The zero-order valence-corrected chi connectivity index (χ0v) is 17.3. The molecule has 3 aromatic carbocycles. The van der Waals surface area contributed by atoms with Crippen LogP contribution in [-0.2, 0) is 0 Å². The summed E-state index contributed by atoms with van der Waals surface area (Å²) in [6.45, 7) is 0. The smallest absolute Gasteiger partial charge is 0.259 e. The summed E-state index contributed by atoms with van der Waals surface area (Å²) in [7, 11) is 3.14. The molecule has 6 nitrogen and oxygen atoms in total. The van der Waals surface area contributed by atoms with Crippen LogP contribution in [0.4, 0.5) is 5.69 Å². The lowest BCUT2D eigenvalue weighted by atomic mass is 10.1. The first-order valence-corrected chi connectivity index (χ1v) is 9.56. The number of halogens is 1. The summed E-state index contributed by atoms with van der Waals surface area (Å²) < 4.78 is 17.2. The van der Waals surface area contributed by atoms with E-state index >= 15 is 0 Å². The standard InChI is InChI=1S/C22H17BrN2O4/c1-27-16-7-9-20-18(12-16)25-22(29-20)13-4-3-5-15(10-13)24-21(26)17-11-14(23)6-8-19(17)28-2/h3-12H,1-2H3,(H,24,26). The van der Waals surface area contributed by atoms with Crippen LogP contribution in [0.2, 0.25) is 0 Å². The number of amides is 1. The highest BCUT2D eigenvalue weighted by atomic mass is 79.9. The minimum Gasteiger partial charge on any atom is -0.497 e. The van der Waals surface area contributed by atoms with Gasteiger partial charge in [0.05, 0.1) is 19.8 Å². The number of ether oxygens (including phenoxy) is 2. The van der Waals surface area contributed by atoms with Crippen molar-refractivity contribution < 1.29 is 18.7 Å². The Bertz CT molecular complexity index is 1200. The molecule has 0 bridgehead atoms. The van der Waals surface area contributed by atoms with Gasteiger partial charge in [-0.25, -0.2) is 4.98 Å². The van der Waals surface area contributed by atoms with Gasteiger partial charge in [0, 0.05) is 21.8 Å². The van der Waals surface area contributed by atoms with Crippen LogP contribution in [0.15, 0.2) is 69.6 Å². The van der Waals surface area contributed by atoms with E-state index in [1.165, 1.54) is 7.11 Å². The molecule has 4 aromatic rings. The van der Waals surface area contributed by atoms with Gasteiger partial charge in [0.15, 0.2) is 5.58 Å². The summed E-state index contributed by atoms with van der Waals surface area (Å²) in [5.41, 5.74) is 3.16. The molecule has 0 radical (unpaired) electrons. The lowest BCUT2D eigenvalue weighted by Crippen LogP contribution is -2.13. The van der Waals surface area contributed by atoms with E-state index < -0.39 is 0 Å². The van der Waals surface area contributed by atoms with Crippen LogP contribution < -0.4 is 14.8 Å². The van der Waals surface area contributed by atoms with Gasteiger partial charge in [0.2, 0.25) is 5.89 Å². The number of hydrogen-bond acceptors (Lipinski definition) is 5. The van der Waals surface area contributed by atoms with Gasteiger partial charge in [-0.1, -0.05) is 22.0 Å². The number of carbonyl (C=O) groups excluding carboxylic acids is 1. The molecule has 29 heavy (non-hydrogen) atoms. The quantitative estimate of drug-likeness (QED) is 0.431. The van der Waals surface area contributed by atoms with Crippen LogP contribution in [-0.4, -0.2) is 25.1 Å². The number of fused-ring (bicyclic) bond motifs is 1. The maximum Gasteiger partial charge on any atom is 0.259 e.